The van der Waals surface area contributed by atoms with Crippen LogP contribution in [0.4, 0.5) is 5.69 Å². The average Bonchev–Trinajstić information content (AvgIpc) is 2.83. The van der Waals surface area contributed by atoms with Gasteiger partial charge in [0, 0.05) is 37.8 Å². The van der Waals surface area contributed by atoms with Crippen molar-refractivity contribution in [1.29, 1.82) is 0 Å². The van der Waals surface area contributed by atoms with Crippen molar-refractivity contribution < 1.29 is 9.53 Å². The molecular formula is C25H41Cl2N3O2. The van der Waals surface area contributed by atoms with Crippen molar-refractivity contribution in [2.24, 2.45) is 11.8 Å². The quantitative estimate of drug-likeness (QED) is 0.583. The summed E-state index contributed by atoms with van der Waals surface area (Å²) in [4.78, 5) is 17.4. The van der Waals surface area contributed by atoms with Crippen LogP contribution >= 0.6 is 24.8 Å². The summed E-state index contributed by atoms with van der Waals surface area (Å²) in [6, 6.07) is 8.33. The lowest BCUT2D eigenvalue weighted by atomic mass is 9.86. The number of piperazine rings is 1. The van der Waals surface area contributed by atoms with Crippen LogP contribution in [0.15, 0.2) is 24.3 Å². The van der Waals surface area contributed by atoms with Gasteiger partial charge in [-0.05, 0) is 81.9 Å². The van der Waals surface area contributed by atoms with Gasteiger partial charge in [0.05, 0.1) is 0 Å². The van der Waals surface area contributed by atoms with E-state index in [0.29, 0.717) is 0 Å². The minimum Gasteiger partial charge on any atom is -0.486 e. The Kier molecular flexibility index (Phi) is 12.2. The number of piperidine rings is 1. The Morgan fingerprint density at radius 1 is 0.906 bits per heavy atom. The topological polar surface area (TPSA) is 44.8 Å². The molecule has 32 heavy (non-hydrogen) atoms. The van der Waals surface area contributed by atoms with Crippen molar-refractivity contribution in [3.63, 3.8) is 0 Å². The van der Waals surface area contributed by atoms with E-state index < -0.39 is 0 Å². The fourth-order valence-corrected chi connectivity index (χ4v) is 5.22. The van der Waals surface area contributed by atoms with Crippen LogP contribution in [0.25, 0.3) is 0 Å². The molecule has 3 aliphatic rings. The van der Waals surface area contributed by atoms with Gasteiger partial charge in [-0.3, -0.25) is 9.69 Å². The molecule has 4 rings (SSSR count). The monoisotopic (exact) mass is 485 g/mol. The van der Waals surface area contributed by atoms with Crippen molar-refractivity contribution in [2.75, 3.05) is 57.3 Å². The number of hydrogen-bond donors (Lipinski definition) is 1. The number of rotatable bonds is 8. The summed E-state index contributed by atoms with van der Waals surface area (Å²) in [5, 5.41) is 3.46. The Balaban J connectivity index is 0.00000181. The minimum atomic E-state index is 0. The molecule has 2 heterocycles. The molecule has 0 atom stereocenters. The molecule has 0 bridgehead atoms. The molecule has 0 radical (unpaired) electrons. The molecule has 1 aromatic carbocycles. The molecule has 1 saturated carbocycles. The largest absolute Gasteiger partial charge is 0.486 e. The van der Waals surface area contributed by atoms with Crippen LogP contribution < -0.4 is 15.0 Å². The number of carbonyl (C=O) groups is 1. The van der Waals surface area contributed by atoms with Gasteiger partial charge in [-0.25, -0.2) is 0 Å². The van der Waals surface area contributed by atoms with E-state index in [2.05, 4.69) is 27.2 Å². The van der Waals surface area contributed by atoms with Gasteiger partial charge in [-0.1, -0.05) is 19.3 Å². The van der Waals surface area contributed by atoms with E-state index >= 15 is 0 Å². The molecule has 5 nitrogen and oxygen atoms in total. The molecule has 3 fully saturated rings. The second-order valence-electron chi connectivity index (χ2n) is 9.39. The van der Waals surface area contributed by atoms with Gasteiger partial charge < -0.3 is 15.0 Å². The van der Waals surface area contributed by atoms with E-state index in [0.717, 1.165) is 50.7 Å². The predicted octanol–water partition coefficient (Wildman–Crippen LogP) is 4.57. The van der Waals surface area contributed by atoms with E-state index in [1.807, 2.05) is 12.1 Å². The summed E-state index contributed by atoms with van der Waals surface area (Å²) >= 11 is 0. The summed E-state index contributed by atoms with van der Waals surface area (Å²) in [5.41, 5.74) is 1.26. The number of carbonyl (C=O) groups excluding carboxylic acids is 1. The number of nitrogens with one attached hydrogen (secondary N) is 1. The number of halogens is 2. The van der Waals surface area contributed by atoms with Crippen LogP contribution in [0.3, 0.4) is 0 Å². The summed E-state index contributed by atoms with van der Waals surface area (Å²) in [6.07, 6.45) is 9.80. The fraction of sp³-hybridized carbons (Fsp3) is 0.720. The zero-order chi connectivity index (χ0) is 20.6. The normalized spacial score (nSPS) is 20.8. The van der Waals surface area contributed by atoms with Gasteiger partial charge in [0.25, 0.3) is 0 Å². The number of Topliss-reactive ketones (excluding diaryl/α,β-unsaturated/α-hetero) is 1. The second kappa shape index (κ2) is 14.3. The van der Waals surface area contributed by atoms with Crippen molar-refractivity contribution in [1.82, 2.24) is 10.2 Å². The SMILES string of the molecule is Cl.Cl.O=C(COc1ccc(N2CCN(CCC3CCNCC3)CC2)cc1)C1CCCCC1. The molecule has 0 spiro atoms. The summed E-state index contributed by atoms with van der Waals surface area (Å²) in [6.45, 7) is 8.36. The number of benzene rings is 1. The number of anilines is 1. The lowest BCUT2D eigenvalue weighted by molar-refractivity contribution is -0.125. The molecule has 1 aliphatic carbocycles. The first-order chi connectivity index (χ1) is 14.8. The van der Waals surface area contributed by atoms with E-state index in [4.69, 9.17) is 4.74 Å². The molecule has 1 N–H and O–H groups in total. The maximum Gasteiger partial charge on any atom is 0.173 e. The minimum absolute atomic E-state index is 0. The first-order valence-corrected chi connectivity index (χ1v) is 12.2. The van der Waals surface area contributed by atoms with Crippen LogP contribution in [0, 0.1) is 11.8 Å². The Hall–Kier alpha value is -1.01. The maximum absolute atomic E-state index is 12.3. The van der Waals surface area contributed by atoms with Gasteiger partial charge in [-0.2, -0.15) is 0 Å². The molecule has 1 aromatic rings. The van der Waals surface area contributed by atoms with Crippen LogP contribution in [-0.2, 0) is 4.79 Å². The number of nitrogens with zero attached hydrogens (tertiary/aromatic N) is 2. The molecule has 2 aliphatic heterocycles. The van der Waals surface area contributed by atoms with Gasteiger partial charge in [0.15, 0.2) is 5.78 Å². The fourth-order valence-electron chi connectivity index (χ4n) is 5.22. The number of ketones is 1. The van der Waals surface area contributed by atoms with E-state index in [-0.39, 0.29) is 43.1 Å². The summed E-state index contributed by atoms with van der Waals surface area (Å²) < 4.78 is 5.79. The highest BCUT2D eigenvalue weighted by Crippen LogP contribution is 2.25. The van der Waals surface area contributed by atoms with Crippen molar-refractivity contribution >= 4 is 36.3 Å². The van der Waals surface area contributed by atoms with Gasteiger partial charge >= 0.3 is 0 Å². The predicted molar refractivity (Wildman–Crippen MR) is 137 cm³/mol. The second-order valence-corrected chi connectivity index (χ2v) is 9.39. The molecule has 7 heteroatoms. The van der Waals surface area contributed by atoms with Crippen molar-refractivity contribution in [3.05, 3.63) is 24.3 Å². The highest BCUT2D eigenvalue weighted by molar-refractivity contribution is 5.85. The number of ether oxygens (including phenoxy) is 1. The summed E-state index contributed by atoms with van der Waals surface area (Å²) in [7, 11) is 0. The lowest BCUT2D eigenvalue weighted by Gasteiger charge is -2.37. The van der Waals surface area contributed by atoms with Crippen LogP contribution in [-0.4, -0.2) is 63.1 Å². The van der Waals surface area contributed by atoms with Crippen LogP contribution in [0.5, 0.6) is 5.75 Å². The zero-order valence-corrected chi connectivity index (χ0v) is 20.9. The molecule has 0 aromatic heterocycles. The highest BCUT2D eigenvalue weighted by Gasteiger charge is 2.22. The van der Waals surface area contributed by atoms with E-state index in [9.17, 15) is 4.79 Å². The maximum atomic E-state index is 12.3. The average molecular weight is 487 g/mol. The summed E-state index contributed by atoms with van der Waals surface area (Å²) in [5.74, 6) is 2.23. The van der Waals surface area contributed by atoms with Gasteiger partial charge in [0.1, 0.15) is 12.4 Å². The molecule has 2 saturated heterocycles. The molecule has 0 unspecified atom stereocenters. The van der Waals surface area contributed by atoms with Crippen LogP contribution in [0.2, 0.25) is 0 Å². The van der Waals surface area contributed by atoms with E-state index in [1.165, 1.54) is 63.8 Å². The third-order valence-corrected chi connectivity index (χ3v) is 7.33. The first kappa shape index (κ1) is 27.2. The first-order valence-electron chi connectivity index (χ1n) is 12.2. The Morgan fingerprint density at radius 3 is 2.22 bits per heavy atom. The van der Waals surface area contributed by atoms with Crippen molar-refractivity contribution in [3.8, 4) is 5.75 Å². The standard InChI is InChI=1S/C25H39N3O2.2ClH/c29-25(22-4-2-1-3-5-22)20-30-24-8-6-23(7-9-24)28-18-16-27(17-19-28)15-12-21-10-13-26-14-11-21;;/h6-9,21-22,26H,1-5,10-20H2;2*1H. The van der Waals surface area contributed by atoms with Gasteiger partial charge in [-0.15, -0.1) is 24.8 Å². The highest BCUT2D eigenvalue weighted by atomic mass is 35.5. The molecule has 0 amide bonds. The number of hydrogen-bond acceptors (Lipinski definition) is 5. The lowest BCUT2D eigenvalue weighted by Crippen LogP contribution is -2.47. The Bertz CT molecular complexity index is 654. The van der Waals surface area contributed by atoms with Crippen molar-refractivity contribution in [2.45, 2.75) is 51.4 Å². The van der Waals surface area contributed by atoms with Gasteiger partial charge in [0.2, 0.25) is 0 Å². The molecular weight excluding hydrogens is 445 g/mol. The Labute approximate surface area is 206 Å². The third-order valence-electron chi connectivity index (χ3n) is 7.33. The molecule has 182 valence electrons. The smallest absolute Gasteiger partial charge is 0.173 e. The zero-order valence-electron chi connectivity index (χ0n) is 19.3. The third kappa shape index (κ3) is 8.09. The van der Waals surface area contributed by atoms with E-state index in [1.54, 1.807) is 0 Å². The Morgan fingerprint density at radius 2 is 1.56 bits per heavy atom. The van der Waals surface area contributed by atoms with Crippen LogP contribution in [0.1, 0.15) is 51.4 Å².